The highest BCUT2D eigenvalue weighted by Crippen LogP contribution is 2.28. The van der Waals surface area contributed by atoms with Gasteiger partial charge in [0.25, 0.3) is 0 Å². The summed E-state index contributed by atoms with van der Waals surface area (Å²) in [5.74, 6) is 3.65. The van der Waals surface area contributed by atoms with Crippen LogP contribution in [0.4, 0.5) is 0 Å². The van der Waals surface area contributed by atoms with Crippen molar-refractivity contribution in [3.63, 3.8) is 0 Å². The largest absolute Gasteiger partial charge is 0.494 e. The summed E-state index contributed by atoms with van der Waals surface area (Å²) in [7, 11) is 1.67. The Morgan fingerprint density at radius 1 is 1.15 bits per heavy atom. The first kappa shape index (κ1) is 24.4. The summed E-state index contributed by atoms with van der Waals surface area (Å²) in [5, 5.41) is 1.70. The molecule has 0 bridgehead atoms. The van der Waals surface area contributed by atoms with Crippen LogP contribution in [0.1, 0.15) is 45.6 Å². The minimum atomic E-state index is -0.202. The van der Waals surface area contributed by atoms with Crippen molar-refractivity contribution < 1.29 is 19.0 Å². The van der Waals surface area contributed by atoms with Crippen LogP contribution in [-0.2, 0) is 20.9 Å². The lowest BCUT2D eigenvalue weighted by Gasteiger charge is -2.24. The lowest BCUT2D eigenvalue weighted by molar-refractivity contribution is -0.0389. The van der Waals surface area contributed by atoms with Gasteiger partial charge in [0.05, 0.1) is 31.4 Å². The van der Waals surface area contributed by atoms with Crippen LogP contribution in [-0.4, -0.2) is 38.4 Å². The lowest BCUT2D eigenvalue weighted by Crippen LogP contribution is -2.36. The molecule has 0 radical (unpaired) electrons. The second kappa shape index (κ2) is 11.1. The number of carbonyl (C=O) groups excluding carboxylic acids is 1. The average molecular weight is 462 g/mol. The molecule has 1 fully saturated rings. The molecule has 180 valence electrons. The van der Waals surface area contributed by atoms with Gasteiger partial charge in [-0.3, -0.25) is 4.99 Å². The number of rotatable bonds is 8. The molecule has 2 aliphatic rings. The van der Waals surface area contributed by atoms with Crippen molar-refractivity contribution in [1.29, 1.82) is 0 Å². The van der Waals surface area contributed by atoms with Gasteiger partial charge in [-0.15, -0.1) is 0 Å². The van der Waals surface area contributed by atoms with E-state index in [4.69, 9.17) is 19.2 Å². The van der Waals surface area contributed by atoms with E-state index < -0.39 is 0 Å². The Morgan fingerprint density at radius 2 is 1.91 bits per heavy atom. The molecule has 2 unspecified atom stereocenters. The molecule has 5 heteroatoms. The lowest BCUT2D eigenvalue weighted by atomic mass is 9.86. The first-order valence-corrected chi connectivity index (χ1v) is 12.3. The number of nitrogens with zero attached hydrogens (tertiary/aromatic N) is 1. The van der Waals surface area contributed by atoms with Crippen LogP contribution in [0.15, 0.2) is 47.0 Å². The molecule has 4 rings (SSSR count). The van der Waals surface area contributed by atoms with Crippen molar-refractivity contribution in [2.45, 2.75) is 58.8 Å². The minimum absolute atomic E-state index is 0.202. The van der Waals surface area contributed by atoms with Gasteiger partial charge in [-0.05, 0) is 66.0 Å². The predicted molar refractivity (Wildman–Crippen MR) is 134 cm³/mol. The summed E-state index contributed by atoms with van der Waals surface area (Å²) in [6, 6.07) is 12.2. The molecule has 0 saturated carbocycles. The van der Waals surface area contributed by atoms with Crippen LogP contribution in [0.5, 0.6) is 5.75 Å². The average Bonchev–Trinajstić information content (AvgIpc) is 2.86. The zero-order valence-corrected chi connectivity index (χ0v) is 20.7. The van der Waals surface area contributed by atoms with Gasteiger partial charge in [0.2, 0.25) is 0 Å². The van der Waals surface area contributed by atoms with Crippen LogP contribution >= 0.6 is 0 Å². The van der Waals surface area contributed by atoms with Crippen molar-refractivity contribution in [2.24, 2.45) is 16.8 Å². The van der Waals surface area contributed by atoms with Crippen molar-refractivity contribution >= 4 is 12.0 Å². The fourth-order valence-electron chi connectivity index (χ4n) is 5.02. The quantitative estimate of drug-likeness (QED) is 0.551. The minimum Gasteiger partial charge on any atom is -0.494 e. The SMILES string of the molecule is COc1cc(-c2ccccc2COC2CCOCC2)cc2c1=NC(C(C)CC(C)C)C(=C=O)C=2. The van der Waals surface area contributed by atoms with Crippen molar-refractivity contribution in [1.82, 2.24) is 0 Å². The van der Waals surface area contributed by atoms with E-state index >= 15 is 0 Å². The van der Waals surface area contributed by atoms with Crippen LogP contribution in [0.3, 0.4) is 0 Å². The molecular weight excluding hydrogens is 426 g/mol. The van der Waals surface area contributed by atoms with Crippen molar-refractivity contribution in [2.75, 3.05) is 20.3 Å². The normalized spacial score (nSPS) is 19.1. The number of fused-ring (bicyclic) bond motifs is 1. The number of benzene rings is 2. The van der Waals surface area contributed by atoms with Gasteiger partial charge in [0.15, 0.2) is 0 Å². The molecule has 2 aliphatic heterocycles. The smallest absolute Gasteiger partial charge is 0.145 e. The fourth-order valence-corrected chi connectivity index (χ4v) is 5.02. The highest BCUT2D eigenvalue weighted by Gasteiger charge is 2.25. The number of hydrogen-bond donors (Lipinski definition) is 0. The summed E-state index contributed by atoms with van der Waals surface area (Å²) >= 11 is 0. The molecule has 5 nitrogen and oxygen atoms in total. The standard InChI is InChI=1S/C29H35NO4/c1-19(2)13-20(3)28-24(17-31)15-23-14-22(16-27(32-4)29(23)30-28)26-8-6-5-7-21(26)18-34-25-9-11-33-12-10-25/h5-8,14-16,19-20,25,28H,9-13,18H2,1-4H3. The van der Waals surface area contributed by atoms with E-state index in [2.05, 4.69) is 44.9 Å². The zero-order chi connectivity index (χ0) is 24.1. The molecule has 1 saturated heterocycles. The van der Waals surface area contributed by atoms with E-state index in [0.717, 1.165) is 65.5 Å². The van der Waals surface area contributed by atoms with Gasteiger partial charge >= 0.3 is 0 Å². The molecule has 2 heterocycles. The molecule has 0 N–H and O–H groups in total. The highest BCUT2D eigenvalue weighted by molar-refractivity contribution is 5.74. The van der Waals surface area contributed by atoms with E-state index in [-0.39, 0.29) is 18.1 Å². The van der Waals surface area contributed by atoms with Crippen LogP contribution in [0, 0.1) is 11.8 Å². The molecule has 0 spiro atoms. The van der Waals surface area contributed by atoms with E-state index in [9.17, 15) is 4.79 Å². The molecule has 0 aliphatic carbocycles. The summed E-state index contributed by atoms with van der Waals surface area (Å²) in [6.07, 6.45) is 5.02. The predicted octanol–water partition coefficient (Wildman–Crippen LogP) is 4.28. The van der Waals surface area contributed by atoms with Gasteiger partial charge in [-0.25, -0.2) is 4.79 Å². The Kier molecular flexibility index (Phi) is 7.99. The van der Waals surface area contributed by atoms with Gasteiger partial charge in [0.1, 0.15) is 17.0 Å². The number of methoxy groups -OCH3 is 1. The first-order valence-electron chi connectivity index (χ1n) is 12.3. The summed E-state index contributed by atoms with van der Waals surface area (Å²) in [6.45, 7) is 8.60. The van der Waals surface area contributed by atoms with Crippen LogP contribution < -0.4 is 15.3 Å². The second-order valence-corrected chi connectivity index (χ2v) is 9.78. The van der Waals surface area contributed by atoms with Crippen LogP contribution in [0.2, 0.25) is 0 Å². The molecule has 0 aromatic heterocycles. The first-order chi connectivity index (χ1) is 16.5. The van der Waals surface area contributed by atoms with Crippen LogP contribution in [0.25, 0.3) is 17.2 Å². The third-order valence-corrected chi connectivity index (χ3v) is 6.69. The monoisotopic (exact) mass is 461 g/mol. The maximum absolute atomic E-state index is 11.9. The van der Waals surface area contributed by atoms with Gasteiger partial charge in [-0.1, -0.05) is 45.0 Å². The second-order valence-electron chi connectivity index (χ2n) is 9.78. The molecule has 2 aromatic rings. The Balaban J connectivity index is 1.71. The van der Waals surface area contributed by atoms with E-state index in [1.807, 2.05) is 24.3 Å². The van der Waals surface area contributed by atoms with Crippen molar-refractivity contribution in [3.05, 3.63) is 58.1 Å². The van der Waals surface area contributed by atoms with Crippen molar-refractivity contribution in [3.8, 4) is 16.9 Å². The fraction of sp³-hybridized carbons (Fsp3) is 0.483. The Morgan fingerprint density at radius 3 is 2.62 bits per heavy atom. The Bertz CT molecular complexity index is 1170. The Hall–Kier alpha value is -2.72. The summed E-state index contributed by atoms with van der Waals surface area (Å²) < 4.78 is 17.4. The molecule has 2 atom stereocenters. The topological polar surface area (TPSA) is 57.1 Å². The maximum Gasteiger partial charge on any atom is 0.145 e. The Labute approximate surface area is 202 Å². The third-order valence-electron chi connectivity index (χ3n) is 6.69. The summed E-state index contributed by atoms with van der Waals surface area (Å²) in [5.41, 5.74) is 3.84. The van der Waals surface area contributed by atoms with Gasteiger partial charge in [-0.2, -0.15) is 0 Å². The van der Waals surface area contributed by atoms with E-state index in [1.165, 1.54) is 0 Å². The molecule has 0 amide bonds. The van der Waals surface area contributed by atoms with E-state index in [1.54, 1.807) is 7.11 Å². The van der Waals surface area contributed by atoms with Gasteiger partial charge in [0, 0.05) is 18.4 Å². The number of ether oxygens (including phenoxy) is 3. The number of hydrogen-bond acceptors (Lipinski definition) is 5. The zero-order valence-electron chi connectivity index (χ0n) is 20.7. The third kappa shape index (κ3) is 5.50. The van der Waals surface area contributed by atoms with E-state index in [0.29, 0.717) is 18.1 Å². The molecular formula is C29H35NO4. The highest BCUT2D eigenvalue weighted by atomic mass is 16.5. The summed E-state index contributed by atoms with van der Waals surface area (Å²) in [4.78, 5) is 16.8. The molecule has 34 heavy (non-hydrogen) atoms. The molecule has 2 aromatic carbocycles. The van der Waals surface area contributed by atoms with Gasteiger partial charge < -0.3 is 14.2 Å². The maximum atomic E-state index is 11.9.